The van der Waals surface area contributed by atoms with Crippen LogP contribution >= 0.6 is 0 Å². The standard InChI is InChI=1S/C19H18N2O2S.C5H6N2O2/c20-17-10-7-11-18(14-17)21(15-16-8-3-1-4-9-16)24(22,23)19-12-5-2-6-13-19;1-7-2-4(5(8)9)6-3-7/h1-14H,15,20H2;2-3H,1H3,(H,8,9). The van der Waals surface area contributed by atoms with Crippen molar-refractivity contribution in [1.29, 1.82) is 0 Å². The second kappa shape index (κ2) is 10.5. The Kier molecular flexibility index (Phi) is 7.47. The van der Waals surface area contributed by atoms with Crippen molar-refractivity contribution in [3.05, 3.63) is 109 Å². The average molecular weight is 465 g/mol. The number of sulfonamides is 1. The van der Waals surface area contributed by atoms with Gasteiger partial charge in [-0.1, -0.05) is 54.6 Å². The number of nitrogens with two attached hydrogens (primary N) is 1. The van der Waals surface area contributed by atoms with Gasteiger partial charge in [0.05, 0.1) is 23.5 Å². The van der Waals surface area contributed by atoms with Gasteiger partial charge in [-0.3, -0.25) is 4.31 Å². The number of carboxylic acid groups (broad SMARTS) is 1. The Hall–Kier alpha value is -4.11. The van der Waals surface area contributed by atoms with Crippen LogP contribution in [0, 0.1) is 0 Å². The highest BCUT2D eigenvalue weighted by Crippen LogP contribution is 2.27. The van der Waals surface area contributed by atoms with Crippen molar-refractivity contribution in [3.8, 4) is 0 Å². The number of aromatic nitrogens is 2. The molecule has 1 aromatic heterocycles. The molecule has 3 N–H and O–H groups in total. The van der Waals surface area contributed by atoms with Crippen LogP contribution in [0.15, 0.2) is 102 Å². The highest BCUT2D eigenvalue weighted by atomic mass is 32.2. The van der Waals surface area contributed by atoms with Crippen molar-refractivity contribution in [2.24, 2.45) is 7.05 Å². The summed E-state index contributed by atoms with van der Waals surface area (Å²) < 4.78 is 29.2. The van der Waals surface area contributed by atoms with Gasteiger partial charge in [-0.25, -0.2) is 18.2 Å². The third-order valence-corrected chi connectivity index (χ3v) is 6.37. The number of aryl methyl sites for hydroxylation is 1. The Balaban J connectivity index is 0.000000286. The summed E-state index contributed by atoms with van der Waals surface area (Å²) in [5, 5.41) is 8.32. The van der Waals surface area contributed by atoms with Crippen LogP contribution in [0.4, 0.5) is 11.4 Å². The van der Waals surface area contributed by atoms with E-state index in [1.54, 1.807) is 66.2 Å². The summed E-state index contributed by atoms with van der Waals surface area (Å²) in [5.74, 6) is -0.990. The number of hydrogen-bond acceptors (Lipinski definition) is 5. The van der Waals surface area contributed by atoms with Gasteiger partial charge in [-0.05, 0) is 35.9 Å². The van der Waals surface area contributed by atoms with Gasteiger partial charge in [0, 0.05) is 18.9 Å². The maximum atomic E-state index is 13.1. The lowest BCUT2D eigenvalue weighted by Crippen LogP contribution is -2.30. The highest BCUT2D eigenvalue weighted by Gasteiger charge is 2.25. The maximum Gasteiger partial charge on any atom is 0.356 e. The Morgan fingerprint density at radius 3 is 2.15 bits per heavy atom. The van der Waals surface area contributed by atoms with Crippen LogP contribution in [0.5, 0.6) is 0 Å². The topological polar surface area (TPSA) is 119 Å². The van der Waals surface area contributed by atoms with Crippen LogP contribution in [-0.2, 0) is 23.6 Å². The number of benzene rings is 3. The first-order chi connectivity index (χ1) is 15.8. The van der Waals surface area contributed by atoms with E-state index >= 15 is 0 Å². The Bertz CT molecular complexity index is 1310. The van der Waals surface area contributed by atoms with E-state index in [0.29, 0.717) is 11.4 Å². The molecular formula is C24H24N4O4S. The van der Waals surface area contributed by atoms with E-state index in [2.05, 4.69) is 4.98 Å². The Morgan fingerprint density at radius 1 is 1.00 bits per heavy atom. The normalized spacial score (nSPS) is 10.7. The molecule has 0 bridgehead atoms. The number of hydrogen-bond donors (Lipinski definition) is 2. The molecule has 0 spiro atoms. The minimum absolute atomic E-state index is 0.0810. The summed E-state index contributed by atoms with van der Waals surface area (Å²) in [4.78, 5) is 14.0. The van der Waals surface area contributed by atoms with E-state index in [1.165, 1.54) is 16.8 Å². The molecular weight excluding hydrogens is 440 g/mol. The lowest BCUT2D eigenvalue weighted by atomic mass is 10.2. The largest absolute Gasteiger partial charge is 0.476 e. The first-order valence-corrected chi connectivity index (χ1v) is 11.4. The van der Waals surface area contributed by atoms with Crippen molar-refractivity contribution in [2.75, 3.05) is 10.0 Å². The van der Waals surface area contributed by atoms with Crippen LogP contribution < -0.4 is 10.0 Å². The first-order valence-electron chi connectivity index (χ1n) is 9.96. The molecule has 0 atom stereocenters. The van der Waals surface area contributed by atoms with Crippen molar-refractivity contribution in [3.63, 3.8) is 0 Å². The number of carbonyl (C=O) groups is 1. The number of rotatable bonds is 6. The van der Waals surface area contributed by atoms with Crippen LogP contribution in [0.3, 0.4) is 0 Å². The smallest absolute Gasteiger partial charge is 0.356 e. The molecule has 4 aromatic rings. The van der Waals surface area contributed by atoms with Gasteiger partial charge < -0.3 is 15.4 Å². The minimum atomic E-state index is -3.69. The van der Waals surface area contributed by atoms with Gasteiger partial charge in [0.15, 0.2) is 5.69 Å². The second-order valence-electron chi connectivity index (χ2n) is 7.13. The van der Waals surface area contributed by atoms with Crippen LogP contribution in [-0.4, -0.2) is 29.0 Å². The molecule has 3 aromatic carbocycles. The zero-order chi connectivity index (χ0) is 23.8. The Labute approximate surface area is 192 Å². The minimum Gasteiger partial charge on any atom is -0.476 e. The lowest BCUT2D eigenvalue weighted by Gasteiger charge is -2.25. The average Bonchev–Trinajstić information content (AvgIpc) is 3.26. The third kappa shape index (κ3) is 6.20. The zero-order valence-electron chi connectivity index (χ0n) is 17.9. The highest BCUT2D eigenvalue weighted by molar-refractivity contribution is 7.92. The van der Waals surface area contributed by atoms with Crippen molar-refractivity contribution in [2.45, 2.75) is 11.4 Å². The van der Waals surface area contributed by atoms with Crippen molar-refractivity contribution in [1.82, 2.24) is 9.55 Å². The number of nitrogen functional groups attached to an aromatic ring is 1. The molecule has 0 saturated carbocycles. The fourth-order valence-electron chi connectivity index (χ4n) is 2.99. The SMILES string of the molecule is Cn1cnc(C(=O)O)c1.Nc1cccc(N(Cc2ccccc2)S(=O)(=O)c2ccccc2)c1. The molecule has 0 amide bonds. The molecule has 9 heteroatoms. The fourth-order valence-corrected chi connectivity index (χ4v) is 4.45. The van der Waals surface area contributed by atoms with Crippen LogP contribution in [0.25, 0.3) is 0 Å². The molecule has 1 heterocycles. The van der Waals surface area contributed by atoms with E-state index in [4.69, 9.17) is 10.8 Å². The molecule has 8 nitrogen and oxygen atoms in total. The molecule has 0 fully saturated rings. The predicted molar refractivity (Wildman–Crippen MR) is 127 cm³/mol. The molecule has 0 aliphatic heterocycles. The second-order valence-corrected chi connectivity index (χ2v) is 9.00. The van der Waals surface area contributed by atoms with Gasteiger partial charge in [-0.2, -0.15) is 0 Å². The van der Waals surface area contributed by atoms with Gasteiger partial charge in [-0.15, -0.1) is 0 Å². The number of nitrogens with zero attached hydrogens (tertiary/aromatic N) is 3. The quantitative estimate of drug-likeness (QED) is 0.419. The number of carboxylic acids is 1. The van der Waals surface area contributed by atoms with E-state index in [9.17, 15) is 13.2 Å². The van der Waals surface area contributed by atoms with Crippen molar-refractivity contribution < 1.29 is 18.3 Å². The van der Waals surface area contributed by atoms with E-state index in [0.717, 1.165) is 5.56 Å². The summed E-state index contributed by atoms with van der Waals surface area (Å²) in [5.41, 5.74) is 7.90. The first kappa shape index (κ1) is 23.6. The molecule has 33 heavy (non-hydrogen) atoms. The molecule has 4 rings (SSSR count). The number of imidazole rings is 1. The summed E-state index contributed by atoms with van der Waals surface area (Å²) in [7, 11) is -1.97. The van der Waals surface area contributed by atoms with E-state index in [1.807, 2.05) is 30.3 Å². The molecule has 0 aliphatic rings. The molecule has 0 saturated heterocycles. The zero-order valence-corrected chi connectivity index (χ0v) is 18.8. The fraction of sp³-hybridized carbons (Fsp3) is 0.0833. The van der Waals surface area contributed by atoms with Gasteiger partial charge >= 0.3 is 5.97 Å². The van der Waals surface area contributed by atoms with Gasteiger partial charge in [0.2, 0.25) is 0 Å². The molecule has 0 aliphatic carbocycles. The van der Waals surface area contributed by atoms with E-state index < -0.39 is 16.0 Å². The molecule has 0 radical (unpaired) electrons. The van der Waals surface area contributed by atoms with Crippen LogP contribution in [0.2, 0.25) is 0 Å². The monoisotopic (exact) mass is 464 g/mol. The molecule has 0 unspecified atom stereocenters. The predicted octanol–water partition coefficient (Wildman–Crippen LogP) is 3.78. The summed E-state index contributed by atoms with van der Waals surface area (Å²) in [6, 6.07) is 24.8. The van der Waals surface area contributed by atoms with Crippen LogP contribution in [0.1, 0.15) is 16.1 Å². The Morgan fingerprint density at radius 2 is 1.64 bits per heavy atom. The van der Waals surface area contributed by atoms with Gasteiger partial charge in [0.1, 0.15) is 0 Å². The summed E-state index contributed by atoms with van der Waals surface area (Å²) >= 11 is 0. The van der Waals surface area contributed by atoms with Gasteiger partial charge in [0.25, 0.3) is 10.0 Å². The van der Waals surface area contributed by atoms with E-state index in [-0.39, 0.29) is 17.1 Å². The lowest BCUT2D eigenvalue weighted by molar-refractivity contribution is 0.0691. The number of aromatic carboxylic acids is 1. The summed E-state index contributed by atoms with van der Waals surface area (Å²) in [6.45, 7) is 0.238. The third-order valence-electron chi connectivity index (χ3n) is 4.58. The maximum absolute atomic E-state index is 13.1. The van der Waals surface area contributed by atoms with Crippen molar-refractivity contribution >= 4 is 27.4 Å². The number of anilines is 2. The summed E-state index contributed by atoms with van der Waals surface area (Å²) in [6.07, 6.45) is 2.89. The molecule has 170 valence electrons.